The molecule has 1 aromatic carbocycles. The summed E-state index contributed by atoms with van der Waals surface area (Å²) in [6.07, 6.45) is 0.835. The Balaban J connectivity index is 2.17. The minimum absolute atomic E-state index is 0.0651. The second-order valence-electron chi connectivity index (χ2n) is 4.22. The number of phenols is 1. The number of benzene rings is 1. The molecule has 0 fully saturated rings. The lowest BCUT2D eigenvalue weighted by atomic mass is 10.2. The summed E-state index contributed by atoms with van der Waals surface area (Å²) in [5.41, 5.74) is 1.34. The normalized spacial score (nSPS) is 10.3. The van der Waals surface area contributed by atoms with Gasteiger partial charge in [-0.05, 0) is 31.5 Å². The number of carbonyl (C=O) groups is 1. The summed E-state index contributed by atoms with van der Waals surface area (Å²) < 4.78 is 4.94. The smallest absolute Gasteiger partial charge is 0.257 e. The van der Waals surface area contributed by atoms with Gasteiger partial charge in [-0.2, -0.15) is 0 Å². The van der Waals surface area contributed by atoms with Gasteiger partial charge in [0.25, 0.3) is 5.91 Å². The summed E-state index contributed by atoms with van der Waals surface area (Å²) in [7, 11) is 1.46. The van der Waals surface area contributed by atoms with Crippen molar-refractivity contribution in [3.8, 4) is 11.5 Å². The van der Waals surface area contributed by atoms with Crippen molar-refractivity contribution in [2.75, 3.05) is 12.4 Å². The number of phenolic OH excluding ortho intramolecular Hbond substituents is 1. The van der Waals surface area contributed by atoms with Gasteiger partial charge in [0.2, 0.25) is 0 Å². The summed E-state index contributed by atoms with van der Waals surface area (Å²) in [5, 5.41) is 13.0. The number of aryl methyl sites for hydroxylation is 2. The van der Waals surface area contributed by atoms with Crippen LogP contribution in [0.3, 0.4) is 0 Å². The number of carbonyl (C=O) groups excluding carboxylic acids is 1. The van der Waals surface area contributed by atoms with Crippen molar-refractivity contribution in [2.24, 2.45) is 0 Å². The van der Waals surface area contributed by atoms with E-state index in [0.29, 0.717) is 16.4 Å². The number of aromatic hydroxyl groups is 1. The Morgan fingerprint density at radius 1 is 1.50 bits per heavy atom. The van der Waals surface area contributed by atoms with Crippen molar-refractivity contribution in [1.29, 1.82) is 0 Å². The van der Waals surface area contributed by atoms with Crippen LogP contribution in [0.4, 0.5) is 5.13 Å². The largest absolute Gasteiger partial charge is 0.504 e. The average molecular weight is 292 g/mol. The lowest BCUT2D eigenvalue weighted by Gasteiger charge is -2.05. The van der Waals surface area contributed by atoms with Crippen LogP contribution in [0.25, 0.3) is 0 Å². The number of hydrogen-bond donors (Lipinski definition) is 2. The highest BCUT2D eigenvalue weighted by molar-refractivity contribution is 7.15. The van der Waals surface area contributed by atoms with Gasteiger partial charge < -0.3 is 9.84 Å². The van der Waals surface area contributed by atoms with E-state index in [1.807, 2.05) is 13.8 Å². The van der Waals surface area contributed by atoms with Crippen LogP contribution in [-0.2, 0) is 6.42 Å². The van der Waals surface area contributed by atoms with E-state index in [9.17, 15) is 9.90 Å². The Morgan fingerprint density at radius 2 is 2.25 bits per heavy atom. The van der Waals surface area contributed by atoms with Crippen LogP contribution in [-0.4, -0.2) is 23.1 Å². The lowest BCUT2D eigenvalue weighted by molar-refractivity contribution is 0.102. The summed E-state index contributed by atoms with van der Waals surface area (Å²) in [4.78, 5) is 17.5. The molecule has 0 bridgehead atoms. The van der Waals surface area contributed by atoms with Crippen LogP contribution < -0.4 is 10.1 Å². The molecule has 6 heteroatoms. The van der Waals surface area contributed by atoms with Gasteiger partial charge in [-0.3, -0.25) is 10.1 Å². The van der Waals surface area contributed by atoms with Crippen molar-refractivity contribution in [2.45, 2.75) is 20.3 Å². The van der Waals surface area contributed by atoms with Crippen LogP contribution in [0.15, 0.2) is 18.2 Å². The summed E-state index contributed by atoms with van der Waals surface area (Å²) in [6, 6.07) is 4.51. The van der Waals surface area contributed by atoms with Crippen molar-refractivity contribution >= 4 is 22.4 Å². The highest BCUT2D eigenvalue weighted by Crippen LogP contribution is 2.27. The highest BCUT2D eigenvalue weighted by atomic mass is 32.1. The number of amides is 1. The fourth-order valence-electron chi connectivity index (χ4n) is 1.81. The van der Waals surface area contributed by atoms with Gasteiger partial charge in [-0.25, -0.2) is 4.98 Å². The maximum atomic E-state index is 12.1. The fraction of sp³-hybridized carbons (Fsp3) is 0.286. The molecule has 0 aliphatic rings. The molecule has 0 aliphatic heterocycles. The number of aromatic nitrogens is 1. The minimum atomic E-state index is -0.306. The molecule has 0 saturated carbocycles. The third-order valence-electron chi connectivity index (χ3n) is 2.89. The van der Waals surface area contributed by atoms with Crippen LogP contribution in [0.5, 0.6) is 11.5 Å². The van der Waals surface area contributed by atoms with Gasteiger partial charge in [0.15, 0.2) is 16.6 Å². The first-order valence-electron chi connectivity index (χ1n) is 6.19. The molecule has 5 nitrogen and oxygen atoms in total. The van der Waals surface area contributed by atoms with Crippen LogP contribution in [0, 0.1) is 6.92 Å². The molecule has 0 atom stereocenters. The number of thiazole rings is 1. The lowest BCUT2D eigenvalue weighted by Crippen LogP contribution is -2.11. The van der Waals surface area contributed by atoms with Gasteiger partial charge in [0.1, 0.15) is 0 Å². The molecule has 0 aliphatic carbocycles. The highest BCUT2D eigenvalue weighted by Gasteiger charge is 2.13. The Kier molecular flexibility index (Phi) is 4.24. The van der Waals surface area contributed by atoms with E-state index in [2.05, 4.69) is 10.3 Å². The SMILES string of the molecule is CCc1nc(NC(=O)c2ccc(OC)c(O)c2)sc1C. The molecule has 1 heterocycles. The molecule has 0 unspecified atom stereocenters. The third kappa shape index (κ3) is 2.91. The predicted octanol–water partition coefficient (Wildman–Crippen LogP) is 2.98. The van der Waals surface area contributed by atoms with E-state index >= 15 is 0 Å². The number of anilines is 1. The van der Waals surface area contributed by atoms with E-state index in [4.69, 9.17) is 4.74 Å². The molecule has 1 amide bonds. The van der Waals surface area contributed by atoms with Gasteiger partial charge in [-0.1, -0.05) is 6.92 Å². The molecular weight excluding hydrogens is 276 g/mol. The zero-order valence-corrected chi connectivity index (χ0v) is 12.4. The average Bonchev–Trinajstić information content (AvgIpc) is 2.78. The molecular formula is C14H16N2O3S. The van der Waals surface area contributed by atoms with Gasteiger partial charge >= 0.3 is 0 Å². The number of hydrogen-bond acceptors (Lipinski definition) is 5. The van der Waals surface area contributed by atoms with E-state index in [1.165, 1.54) is 24.5 Å². The van der Waals surface area contributed by atoms with Crippen LogP contribution in [0.2, 0.25) is 0 Å². The van der Waals surface area contributed by atoms with Crippen LogP contribution >= 0.6 is 11.3 Å². The van der Waals surface area contributed by atoms with E-state index in [1.54, 1.807) is 12.1 Å². The zero-order valence-electron chi connectivity index (χ0n) is 11.6. The van der Waals surface area contributed by atoms with E-state index in [-0.39, 0.29) is 11.7 Å². The Labute approximate surface area is 121 Å². The topological polar surface area (TPSA) is 71.5 Å². The minimum Gasteiger partial charge on any atom is -0.504 e. The molecule has 0 saturated heterocycles. The van der Waals surface area contributed by atoms with Gasteiger partial charge in [0.05, 0.1) is 12.8 Å². The quantitative estimate of drug-likeness (QED) is 0.908. The monoisotopic (exact) mass is 292 g/mol. The number of nitrogens with zero attached hydrogens (tertiary/aromatic N) is 1. The number of ether oxygens (including phenoxy) is 1. The summed E-state index contributed by atoms with van der Waals surface area (Å²) in [5.74, 6) is -0.0380. The van der Waals surface area contributed by atoms with Gasteiger partial charge in [-0.15, -0.1) is 11.3 Å². The second-order valence-corrected chi connectivity index (χ2v) is 5.42. The Bertz CT molecular complexity index is 637. The first-order chi connectivity index (χ1) is 9.55. The Morgan fingerprint density at radius 3 is 2.80 bits per heavy atom. The first-order valence-corrected chi connectivity index (χ1v) is 7.01. The number of nitrogens with one attached hydrogen (secondary N) is 1. The summed E-state index contributed by atoms with van der Waals surface area (Å²) in [6.45, 7) is 4.00. The van der Waals surface area contributed by atoms with Crippen molar-refractivity contribution in [3.05, 3.63) is 34.3 Å². The maximum Gasteiger partial charge on any atom is 0.257 e. The number of rotatable bonds is 4. The molecule has 1 aromatic heterocycles. The van der Waals surface area contributed by atoms with E-state index in [0.717, 1.165) is 17.0 Å². The molecule has 106 valence electrons. The maximum absolute atomic E-state index is 12.1. The molecule has 0 radical (unpaired) electrons. The predicted molar refractivity (Wildman–Crippen MR) is 78.8 cm³/mol. The third-order valence-corrected chi connectivity index (χ3v) is 3.82. The molecule has 20 heavy (non-hydrogen) atoms. The van der Waals surface area contributed by atoms with Crippen LogP contribution in [0.1, 0.15) is 27.9 Å². The first kappa shape index (κ1) is 14.3. The fourth-order valence-corrected chi connectivity index (χ4v) is 2.71. The van der Waals surface area contributed by atoms with Crippen molar-refractivity contribution in [1.82, 2.24) is 4.98 Å². The van der Waals surface area contributed by atoms with Gasteiger partial charge in [0, 0.05) is 10.4 Å². The molecule has 0 spiro atoms. The second kappa shape index (κ2) is 5.92. The Hall–Kier alpha value is -2.08. The van der Waals surface area contributed by atoms with Crippen molar-refractivity contribution < 1.29 is 14.6 Å². The number of methoxy groups -OCH3 is 1. The standard InChI is InChI=1S/C14H16N2O3S/c1-4-10-8(2)20-14(15-10)16-13(18)9-5-6-12(19-3)11(17)7-9/h5-7,17H,4H2,1-3H3,(H,15,16,18). The molecule has 2 rings (SSSR count). The molecule has 2 aromatic rings. The molecule has 2 N–H and O–H groups in total. The van der Waals surface area contributed by atoms with Crippen molar-refractivity contribution in [3.63, 3.8) is 0 Å². The zero-order chi connectivity index (χ0) is 14.7. The van der Waals surface area contributed by atoms with E-state index < -0.39 is 0 Å². The summed E-state index contributed by atoms with van der Waals surface area (Å²) >= 11 is 1.44.